The molecule has 2 nitrogen and oxygen atoms in total. The Morgan fingerprint density at radius 1 is 0.478 bits per heavy atom. The summed E-state index contributed by atoms with van der Waals surface area (Å²) in [7, 11) is 0. The van der Waals surface area contributed by atoms with Crippen LogP contribution >= 0.6 is 0 Å². The van der Waals surface area contributed by atoms with E-state index >= 15 is 0 Å². The Balaban J connectivity index is 0. The van der Waals surface area contributed by atoms with E-state index in [4.69, 9.17) is 0 Å². The van der Waals surface area contributed by atoms with Gasteiger partial charge in [-0.3, -0.25) is 0 Å². The molecule has 0 aliphatic heterocycles. The maximum absolute atomic E-state index is 3.64. The zero-order valence-electron chi connectivity index (χ0n) is 33.4. The Morgan fingerprint density at radius 2 is 0.848 bits per heavy atom. The van der Waals surface area contributed by atoms with E-state index in [2.05, 4.69) is 143 Å². The molecule has 2 heteroatoms. The molecular weight excluding hydrogens is 556 g/mol. The highest BCUT2D eigenvalue weighted by Gasteiger charge is 2.14. The SMILES string of the molecule is CC(C)[NH3+].CC(C)[NH3+].CCCCCCCCCCCCc1ccc(C)cc1.Cc1ccc(C(C)CC(C)CC(C)CC(C)C)cc1. The standard InChI is InChI=1S/2C19H32.2C3H9N/c1-14(2)11-16(4)12-17(5)13-18(6)19-9-7-15(3)8-10-19;1-3-4-5-6-7-8-9-10-11-12-13-19-16-14-18(2)15-17-19;2*1-3(2)4/h7-10,14,16-18H,11-13H2,1-6H3;14-17H,3-13H2,1-2H3;2*3H,4H2,1-2H3/p+2. The number of quaternary nitrogens is 2. The van der Waals surface area contributed by atoms with Crippen LogP contribution in [-0.2, 0) is 6.42 Å². The van der Waals surface area contributed by atoms with Gasteiger partial charge in [0.25, 0.3) is 0 Å². The van der Waals surface area contributed by atoms with Crippen LogP contribution in [0.2, 0.25) is 0 Å². The third kappa shape index (κ3) is 33.7. The smallest absolute Gasteiger partial charge is 0.0786 e. The summed E-state index contributed by atoms with van der Waals surface area (Å²) in [6, 6.07) is 19.2. The van der Waals surface area contributed by atoms with Gasteiger partial charge in [-0.2, -0.15) is 0 Å². The maximum atomic E-state index is 3.64. The summed E-state index contributed by atoms with van der Waals surface area (Å²) >= 11 is 0. The zero-order chi connectivity index (χ0) is 35.3. The van der Waals surface area contributed by atoms with Gasteiger partial charge in [-0.05, 0) is 108 Å². The van der Waals surface area contributed by atoms with Gasteiger partial charge in [-0.1, -0.05) is 159 Å². The van der Waals surface area contributed by atoms with Gasteiger partial charge in [0.2, 0.25) is 0 Å². The van der Waals surface area contributed by atoms with Crippen LogP contribution in [0.5, 0.6) is 0 Å². The van der Waals surface area contributed by atoms with Gasteiger partial charge in [-0.25, -0.2) is 0 Å². The second kappa shape index (κ2) is 30.7. The van der Waals surface area contributed by atoms with E-state index < -0.39 is 0 Å². The summed E-state index contributed by atoms with van der Waals surface area (Å²) in [5, 5.41) is 0. The lowest BCUT2D eigenvalue weighted by atomic mass is 9.84. The first-order chi connectivity index (χ1) is 21.7. The van der Waals surface area contributed by atoms with Crippen LogP contribution < -0.4 is 11.5 Å². The fourth-order valence-electron chi connectivity index (χ4n) is 5.89. The molecule has 0 heterocycles. The minimum atomic E-state index is 0.583. The summed E-state index contributed by atoms with van der Waals surface area (Å²) in [5.41, 5.74) is 13.0. The van der Waals surface area contributed by atoms with Crippen LogP contribution in [-0.4, -0.2) is 12.1 Å². The largest absolute Gasteiger partial charge is 0.356 e. The molecule has 6 N–H and O–H groups in total. The highest BCUT2D eigenvalue weighted by Crippen LogP contribution is 2.28. The summed E-state index contributed by atoms with van der Waals surface area (Å²) in [6.07, 6.45) is 19.5. The van der Waals surface area contributed by atoms with Gasteiger partial charge >= 0.3 is 0 Å². The molecule has 3 unspecified atom stereocenters. The first kappa shape index (κ1) is 46.5. The van der Waals surface area contributed by atoms with Gasteiger partial charge < -0.3 is 11.5 Å². The van der Waals surface area contributed by atoms with Crippen LogP contribution in [0, 0.1) is 31.6 Å². The molecule has 0 amide bonds. The molecule has 2 rings (SSSR count). The fraction of sp³-hybridized carbons (Fsp3) is 0.727. The molecule has 0 spiro atoms. The van der Waals surface area contributed by atoms with E-state index in [9.17, 15) is 0 Å². The summed E-state index contributed by atoms with van der Waals surface area (Å²) in [5.74, 6) is 3.20. The number of hydrogen-bond acceptors (Lipinski definition) is 0. The quantitative estimate of drug-likeness (QED) is 0.152. The predicted molar refractivity (Wildman–Crippen MR) is 209 cm³/mol. The zero-order valence-corrected chi connectivity index (χ0v) is 33.4. The van der Waals surface area contributed by atoms with Crippen molar-refractivity contribution in [3.8, 4) is 0 Å². The minimum absolute atomic E-state index is 0.583. The van der Waals surface area contributed by atoms with Crippen LogP contribution in [0.1, 0.15) is 181 Å². The van der Waals surface area contributed by atoms with Crippen molar-refractivity contribution in [3.05, 3.63) is 70.8 Å². The van der Waals surface area contributed by atoms with Gasteiger partial charge in [0.15, 0.2) is 0 Å². The van der Waals surface area contributed by atoms with Gasteiger partial charge in [0.05, 0.1) is 12.1 Å². The maximum Gasteiger partial charge on any atom is 0.0786 e. The van der Waals surface area contributed by atoms with Crippen LogP contribution in [0.3, 0.4) is 0 Å². The van der Waals surface area contributed by atoms with Crippen LogP contribution in [0.4, 0.5) is 0 Å². The topological polar surface area (TPSA) is 55.3 Å². The molecule has 0 radical (unpaired) electrons. The van der Waals surface area contributed by atoms with E-state index in [-0.39, 0.29) is 0 Å². The molecule has 0 aliphatic rings. The molecule has 2 aromatic rings. The molecule has 0 aliphatic carbocycles. The minimum Gasteiger partial charge on any atom is -0.356 e. The van der Waals surface area contributed by atoms with Crippen LogP contribution in [0.15, 0.2) is 48.5 Å². The molecule has 46 heavy (non-hydrogen) atoms. The number of benzene rings is 2. The number of hydrogen-bond donors (Lipinski definition) is 2. The van der Waals surface area contributed by atoms with Crippen LogP contribution in [0.25, 0.3) is 0 Å². The lowest BCUT2D eigenvalue weighted by Gasteiger charge is -2.22. The van der Waals surface area contributed by atoms with E-state index in [1.54, 1.807) is 0 Å². The third-order valence-corrected chi connectivity index (χ3v) is 8.02. The first-order valence-corrected chi connectivity index (χ1v) is 19.5. The van der Waals surface area contributed by atoms with Crippen molar-refractivity contribution in [1.82, 2.24) is 0 Å². The van der Waals surface area contributed by atoms with Gasteiger partial charge in [0.1, 0.15) is 0 Å². The monoisotopic (exact) mass is 641 g/mol. The number of aryl methyl sites for hydroxylation is 3. The Labute approximate surface area is 290 Å². The summed E-state index contributed by atoms with van der Waals surface area (Å²) in [6.45, 7) is 26.7. The molecular formula is C44H84N2+2. The molecule has 0 bridgehead atoms. The summed E-state index contributed by atoms with van der Waals surface area (Å²) < 4.78 is 0. The van der Waals surface area contributed by atoms with Crippen molar-refractivity contribution in [1.29, 1.82) is 0 Å². The predicted octanol–water partition coefficient (Wildman–Crippen LogP) is 11.9. The molecule has 0 saturated carbocycles. The second-order valence-corrected chi connectivity index (χ2v) is 15.8. The molecule has 268 valence electrons. The van der Waals surface area contributed by atoms with E-state index in [0.717, 1.165) is 17.8 Å². The van der Waals surface area contributed by atoms with Crippen molar-refractivity contribution in [2.45, 2.75) is 191 Å². The molecule has 3 atom stereocenters. The number of unbranched alkanes of at least 4 members (excludes halogenated alkanes) is 9. The van der Waals surface area contributed by atoms with Crippen molar-refractivity contribution >= 4 is 0 Å². The lowest BCUT2D eigenvalue weighted by molar-refractivity contribution is -0.408. The average molecular weight is 641 g/mol. The Hall–Kier alpha value is -1.64. The normalized spacial score (nSPS) is 12.8. The fourth-order valence-corrected chi connectivity index (χ4v) is 5.89. The Bertz CT molecular complexity index is 870. The highest BCUT2D eigenvalue weighted by molar-refractivity contribution is 5.24. The van der Waals surface area contributed by atoms with Gasteiger partial charge in [0, 0.05) is 0 Å². The highest BCUT2D eigenvalue weighted by atomic mass is 14.6. The van der Waals surface area contributed by atoms with Crippen molar-refractivity contribution in [2.24, 2.45) is 17.8 Å². The van der Waals surface area contributed by atoms with E-state index in [1.807, 2.05) is 0 Å². The van der Waals surface area contributed by atoms with Crippen molar-refractivity contribution in [2.75, 3.05) is 0 Å². The number of rotatable bonds is 18. The van der Waals surface area contributed by atoms with E-state index in [1.165, 1.54) is 112 Å². The Morgan fingerprint density at radius 3 is 1.26 bits per heavy atom. The van der Waals surface area contributed by atoms with E-state index in [0.29, 0.717) is 18.0 Å². The first-order valence-electron chi connectivity index (χ1n) is 19.5. The molecule has 0 aromatic heterocycles. The Kier molecular flexibility index (Phi) is 31.0. The second-order valence-electron chi connectivity index (χ2n) is 15.8. The average Bonchev–Trinajstić information content (AvgIpc) is 2.94. The van der Waals surface area contributed by atoms with Crippen molar-refractivity contribution in [3.63, 3.8) is 0 Å². The molecule has 0 fully saturated rings. The lowest BCUT2D eigenvalue weighted by Crippen LogP contribution is -2.57. The molecule has 2 aromatic carbocycles. The third-order valence-electron chi connectivity index (χ3n) is 8.02. The van der Waals surface area contributed by atoms with Crippen molar-refractivity contribution < 1.29 is 11.5 Å². The molecule has 0 saturated heterocycles. The van der Waals surface area contributed by atoms with Gasteiger partial charge in [-0.15, -0.1) is 0 Å². The summed E-state index contributed by atoms with van der Waals surface area (Å²) in [4.78, 5) is 0.